The van der Waals surface area contributed by atoms with Crippen molar-refractivity contribution in [3.05, 3.63) is 76.6 Å². The van der Waals surface area contributed by atoms with Crippen LogP contribution in [0.5, 0.6) is 0 Å². The predicted octanol–water partition coefficient (Wildman–Crippen LogP) is 3.10. The third kappa shape index (κ3) is 5.35. The van der Waals surface area contributed by atoms with E-state index < -0.39 is 17.5 Å². The number of halogens is 1. The summed E-state index contributed by atoms with van der Waals surface area (Å²) in [7, 11) is 1.54. The SMILES string of the molecule is C=C(/C=C\C(=C/C)OC)CN(C=O)C[C@@]1(c2nc(-c3ccc(F)cc3)cs2)NC(=O)NC1=O. The number of urea groups is 1. The molecule has 1 atom stereocenters. The van der Waals surface area contributed by atoms with E-state index in [1.165, 1.54) is 17.0 Å². The molecule has 33 heavy (non-hydrogen) atoms. The second kappa shape index (κ2) is 10.2. The molecule has 0 aliphatic carbocycles. The highest BCUT2D eigenvalue weighted by Gasteiger charge is 2.51. The van der Waals surface area contributed by atoms with Crippen LogP contribution in [0.25, 0.3) is 11.3 Å². The van der Waals surface area contributed by atoms with E-state index in [4.69, 9.17) is 4.74 Å². The molecule has 2 heterocycles. The lowest BCUT2D eigenvalue weighted by molar-refractivity contribution is -0.126. The number of imide groups is 1. The number of ether oxygens (including phenoxy) is 1. The molecule has 0 unspecified atom stereocenters. The second-order valence-electron chi connectivity index (χ2n) is 7.26. The summed E-state index contributed by atoms with van der Waals surface area (Å²) in [6.07, 6.45) is 5.77. The van der Waals surface area contributed by atoms with Crippen molar-refractivity contribution in [2.45, 2.75) is 12.5 Å². The Morgan fingerprint density at radius 3 is 2.61 bits per heavy atom. The van der Waals surface area contributed by atoms with E-state index in [1.54, 1.807) is 42.9 Å². The number of nitrogens with zero attached hydrogens (tertiary/aromatic N) is 2. The van der Waals surface area contributed by atoms with Crippen LogP contribution in [-0.2, 0) is 19.9 Å². The van der Waals surface area contributed by atoms with Crippen LogP contribution in [0.3, 0.4) is 0 Å². The van der Waals surface area contributed by atoms with Crippen LogP contribution in [0.15, 0.2) is 65.8 Å². The number of thiazole rings is 1. The van der Waals surface area contributed by atoms with Gasteiger partial charge in [-0.3, -0.25) is 14.9 Å². The van der Waals surface area contributed by atoms with Crippen molar-refractivity contribution in [2.24, 2.45) is 0 Å². The van der Waals surface area contributed by atoms with Gasteiger partial charge < -0.3 is 15.0 Å². The van der Waals surface area contributed by atoms with Crippen molar-refractivity contribution < 1.29 is 23.5 Å². The Balaban J connectivity index is 1.86. The van der Waals surface area contributed by atoms with Crippen molar-refractivity contribution in [1.82, 2.24) is 20.5 Å². The molecule has 3 rings (SSSR count). The Hall–Kier alpha value is -3.79. The van der Waals surface area contributed by atoms with Gasteiger partial charge in [0.05, 0.1) is 19.3 Å². The van der Waals surface area contributed by atoms with Gasteiger partial charge in [-0.1, -0.05) is 12.7 Å². The fourth-order valence-corrected chi connectivity index (χ4v) is 4.25. The maximum absolute atomic E-state index is 13.3. The number of hydrogen-bond acceptors (Lipinski definition) is 6. The number of amides is 4. The zero-order chi connectivity index (χ0) is 24.0. The number of allylic oxidation sites excluding steroid dienone is 2. The van der Waals surface area contributed by atoms with Crippen LogP contribution in [0.4, 0.5) is 9.18 Å². The summed E-state index contributed by atoms with van der Waals surface area (Å²) in [5, 5.41) is 6.86. The highest BCUT2D eigenvalue weighted by Crippen LogP contribution is 2.32. The molecular weight excluding hydrogens is 447 g/mol. The molecule has 10 heteroatoms. The van der Waals surface area contributed by atoms with E-state index in [1.807, 2.05) is 6.92 Å². The van der Waals surface area contributed by atoms with Crippen LogP contribution < -0.4 is 10.6 Å². The van der Waals surface area contributed by atoms with E-state index in [0.717, 1.165) is 11.3 Å². The summed E-state index contributed by atoms with van der Waals surface area (Å²) >= 11 is 1.16. The first-order chi connectivity index (χ1) is 15.8. The van der Waals surface area contributed by atoms with Gasteiger partial charge in [0.25, 0.3) is 5.91 Å². The fourth-order valence-electron chi connectivity index (χ4n) is 3.27. The van der Waals surface area contributed by atoms with E-state index in [9.17, 15) is 18.8 Å². The van der Waals surface area contributed by atoms with Gasteiger partial charge in [0.1, 0.15) is 16.6 Å². The number of benzene rings is 1. The summed E-state index contributed by atoms with van der Waals surface area (Å²) in [6.45, 7) is 5.72. The molecular formula is C23H23FN4O4S. The van der Waals surface area contributed by atoms with E-state index >= 15 is 0 Å². The number of nitrogens with one attached hydrogen (secondary N) is 2. The third-order valence-corrected chi connectivity index (χ3v) is 5.95. The lowest BCUT2D eigenvalue weighted by Crippen LogP contribution is -2.52. The summed E-state index contributed by atoms with van der Waals surface area (Å²) in [6, 6.07) is 5.08. The first-order valence-electron chi connectivity index (χ1n) is 9.92. The molecule has 1 saturated heterocycles. The monoisotopic (exact) mass is 470 g/mol. The van der Waals surface area contributed by atoms with Crippen LogP contribution in [0.1, 0.15) is 11.9 Å². The molecule has 0 saturated carbocycles. The standard InChI is InChI=1S/C23H23FN4O4S/c1-4-18(32-3)10-5-15(2)11-28(14-29)13-23(20(30)26-22(31)27-23)21-25-19(12-33-21)16-6-8-17(24)9-7-16/h4-10,12,14H,2,11,13H2,1,3H3,(H2,26,27,30,31)/b10-5-,18-4+/t23-/m1/s1. The van der Waals surface area contributed by atoms with Crippen LogP contribution in [0, 0.1) is 5.82 Å². The fraction of sp³-hybridized carbons (Fsp3) is 0.217. The smallest absolute Gasteiger partial charge is 0.322 e. The lowest BCUT2D eigenvalue weighted by Gasteiger charge is -2.29. The predicted molar refractivity (Wildman–Crippen MR) is 123 cm³/mol. The molecule has 1 aliphatic heterocycles. The van der Waals surface area contributed by atoms with Crippen molar-refractivity contribution in [3.63, 3.8) is 0 Å². The highest BCUT2D eigenvalue weighted by molar-refractivity contribution is 7.10. The topological polar surface area (TPSA) is 101 Å². The highest BCUT2D eigenvalue weighted by atomic mass is 32.1. The van der Waals surface area contributed by atoms with Crippen molar-refractivity contribution >= 4 is 29.7 Å². The average molecular weight is 471 g/mol. The number of aromatic nitrogens is 1. The Kier molecular flexibility index (Phi) is 7.39. The van der Waals surface area contributed by atoms with E-state index in [0.29, 0.717) is 34.0 Å². The van der Waals surface area contributed by atoms with Gasteiger partial charge in [-0.2, -0.15) is 0 Å². The van der Waals surface area contributed by atoms with E-state index in [-0.39, 0.29) is 18.9 Å². The van der Waals surface area contributed by atoms with Crippen LogP contribution >= 0.6 is 11.3 Å². The molecule has 0 radical (unpaired) electrons. The molecule has 0 bridgehead atoms. The molecule has 1 aromatic heterocycles. The van der Waals surface area contributed by atoms with Gasteiger partial charge >= 0.3 is 6.03 Å². The first kappa shape index (κ1) is 23.9. The quantitative estimate of drug-likeness (QED) is 0.241. The zero-order valence-electron chi connectivity index (χ0n) is 18.1. The molecule has 172 valence electrons. The minimum Gasteiger partial charge on any atom is -0.497 e. The normalized spacial score (nSPS) is 18.2. The Morgan fingerprint density at radius 1 is 1.30 bits per heavy atom. The summed E-state index contributed by atoms with van der Waals surface area (Å²) in [5.74, 6) is -0.365. The molecule has 0 spiro atoms. The first-order valence-corrected chi connectivity index (χ1v) is 10.8. The molecule has 8 nitrogen and oxygen atoms in total. The van der Waals surface area contributed by atoms with Gasteiger partial charge in [0.15, 0.2) is 5.54 Å². The number of hydrogen-bond donors (Lipinski definition) is 2. The second-order valence-corrected chi connectivity index (χ2v) is 8.11. The Bertz CT molecular complexity index is 1130. The average Bonchev–Trinajstić information content (AvgIpc) is 3.39. The molecule has 1 aliphatic rings. The number of carbonyl (C=O) groups excluding carboxylic acids is 3. The molecule has 1 fully saturated rings. The minimum atomic E-state index is -1.56. The Labute approximate surface area is 194 Å². The maximum Gasteiger partial charge on any atom is 0.322 e. The number of carbonyl (C=O) groups is 3. The Morgan fingerprint density at radius 2 is 2.03 bits per heavy atom. The zero-order valence-corrected chi connectivity index (χ0v) is 18.9. The molecule has 2 aromatic rings. The number of methoxy groups -OCH3 is 1. The van der Waals surface area contributed by atoms with Gasteiger partial charge in [0.2, 0.25) is 6.41 Å². The number of rotatable bonds is 10. The van der Waals surface area contributed by atoms with Gasteiger partial charge in [0, 0.05) is 17.5 Å². The maximum atomic E-state index is 13.3. The third-order valence-electron chi connectivity index (χ3n) is 4.95. The van der Waals surface area contributed by atoms with E-state index in [2.05, 4.69) is 22.2 Å². The van der Waals surface area contributed by atoms with Crippen LogP contribution in [-0.4, -0.2) is 48.4 Å². The van der Waals surface area contributed by atoms with Crippen molar-refractivity contribution in [1.29, 1.82) is 0 Å². The lowest BCUT2D eigenvalue weighted by atomic mass is 9.99. The van der Waals surface area contributed by atoms with Gasteiger partial charge in [-0.05, 0) is 48.9 Å². The van der Waals surface area contributed by atoms with Crippen molar-refractivity contribution in [2.75, 3.05) is 20.2 Å². The van der Waals surface area contributed by atoms with Gasteiger partial charge in [-0.15, -0.1) is 11.3 Å². The molecule has 2 N–H and O–H groups in total. The summed E-state index contributed by atoms with van der Waals surface area (Å²) < 4.78 is 18.4. The minimum absolute atomic E-state index is 0.113. The molecule has 4 amide bonds. The van der Waals surface area contributed by atoms with Gasteiger partial charge in [-0.25, -0.2) is 14.2 Å². The largest absolute Gasteiger partial charge is 0.497 e. The van der Waals surface area contributed by atoms with Crippen molar-refractivity contribution in [3.8, 4) is 11.3 Å². The summed E-state index contributed by atoms with van der Waals surface area (Å²) in [4.78, 5) is 42.5. The molecule has 1 aromatic carbocycles. The van der Waals surface area contributed by atoms with Crippen LogP contribution in [0.2, 0.25) is 0 Å². The summed E-state index contributed by atoms with van der Waals surface area (Å²) in [5.41, 5.74) is 0.199.